The first-order valence-electron chi connectivity index (χ1n) is 5.88. The first-order chi connectivity index (χ1) is 7.77. The van der Waals surface area contributed by atoms with Gasteiger partial charge in [-0.25, -0.2) is 0 Å². The monoisotopic (exact) mass is 229 g/mol. The first kappa shape index (κ1) is 11.5. The van der Waals surface area contributed by atoms with Crippen LogP contribution in [0.4, 0.5) is 0 Å². The number of nitrogens with one attached hydrogen (secondary N) is 1. The van der Waals surface area contributed by atoms with Crippen LogP contribution in [0, 0.1) is 10.1 Å². The predicted molar refractivity (Wildman–Crippen MR) is 56.4 cm³/mol. The molecule has 2 saturated heterocycles. The van der Waals surface area contributed by atoms with E-state index in [0.717, 1.165) is 51.4 Å². The third kappa shape index (κ3) is 2.78. The highest BCUT2D eigenvalue weighted by Crippen LogP contribution is 2.07. The molecule has 6 nitrogen and oxygen atoms in total. The van der Waals surface area contributed by atoms with Gasteiger partial charge in [0, 0.05) is 12.8 Å². The van der Waals surface area contributed by atoms with Crippen LogP contribution in [-0.4, -0.2) is 44.3 Å². The zero-order chi connectivity index (χ0) is 11.4. The Morgan fingerprint density at radius 3 is 2.81 bits per heavy atom. The summed E-state index contributed by atoms with van der Waals surface area (Å²) in [6.07, 6.45) is 1.94. The van der Waals surface area contributed by atoms with Gasteiger partial charge in [0.25, 0.3) is 0 Å². The number of morpholine rings is 1. The van der Waals surface area contributed by atoms with Crippen LogP contribution in [0.1, 0.15) is 12.8 Å². The van der Waals surface area contributed by atoms with Crippen LogP contribution in [0.2, 0.25) is 0 Å². The number of hydrogen-bond acceptors (Lipinski definition) is 3. The van der Waals surface area contributed by atoms with E-state index in [9.17, 15) is 10.1 Å². The van der Waals surface area contributed by atoms with Crippen molar-refractivity contribution >= 4 is 0 Å². The van der Waals surface area contributed by atoms with Crippen LogP contribution in [0.25, 0.3) is 0 Å². The first-order valence-corrected chi connectivity index (χ1v) is 5.88. The van der Waals surface area contributed by atoms with Gasteiger partial charge in [0.2, 0.25) is 0 Å². The van der Waals surface area contributed by atoms with E-state index in [0.29, 0.717) is 12.2 Å². The molecule has 3 N–H and O–H groups in total. The third-order valence-corrected chi connectivity index (χ3v) is 3.25. The number of rotatable bonds is 3. The summed E-state index contributed by atoms with van der Waals surface area (Å²) in [6, 6.07) is 0. The Kier molecular flexibility index (Phi) is 3.87. The molecular weight excluding hydrogens is 210 g/mol. The van der Waals surface area contributed by atoms with Gasteiger partial charge in [0.05, 0.1) is 24.7 Å². The van der Waals surface area contributed by atoms with Crippen molar-refractivity contribution in [1.82, 2.24) is 0 Å². The topological polar surface area (TPSA) is 73.4 Å². The molecule has 2 aliphatic rings. The number of quaternary nitrogens is 2. The minimum absolute atomic E-state index is 0.195. The summed E-state index contributed by atoms with van der Waals surface area (Å²) in [4.78, 5) is 12.1. The van der Waals surface area contributed by atoms with E-state index in [4.69, 9.17) is 4.74 Å². The molecule has 0 aromatic carbocycles. The third-order valence-electron chi connectivity index (χ3n) is 3.25. The average Bonchev–Trinajstić information content (AvgIpc) is 2.80. The molecule has 0 saturated carbocycles. The molecule has 0 unspecified atom stereocenters. The van der Waals surface area contributed by atoms with Crippen LogP contribution < -0.4 is 10.2 Å². The highest BCUT2D eigenvalue weighted by atomic mass is 16.6. The van der Waals surface area contributed by atoms with Crippen LogP contribution in [0.3, 0.4) is 0 Å². The maximum absolute atomic E-state index is 11.0. The molecule has 2 heterocycles. The second-order valence-corrected chi connectivity index (χ2v) is 4.36. The van der Waals surface area contributed by atoms with Gasteiger partial charge in [-0.1, -0.05) is 0 Å². The molecule has 2 rings (SSSR count). The second-order valence-electron chi connectivity index (χ2n) is 4.36. The summed E-state index contributed by atoms with van der Waals surface area (Å²) < 4.78 is 5.25. The van der Waals surface area contributed by atoms with E-state index >= 15 is 0 Å². The van der Waals surface area contributed by atoms with Gasteiger partial charge in [-0.2, -0.15) is 0 Å². The van der Waals surface area contributed by atoms with E-state index < -0.39 is 0 Å². The number of nitrogens with two attached hydrogens (primary N) is 1. The average molecular weight is 229 g/mol. The summed E-state index contributed by atoms with van der Waals surface area (Å²) in [5.41, 5.74) is 1.39. The Balaban J connectivity index is 2.02. The summed E-state index contributed by atoms with van der Waals surface area (Å²) in [5.74, 6) is 0. The van der Waals surface area contributed by atoms with Crippen molar-refractivity contribution in [2.24, 2.45) is 0 Å². The van der Waals surface area contributed by atoms with Gasteiger partial charge in [0.15, 0.2) is 12.2 Å². The van der Waals surface area contributed by atoms with Gasteiger partial charge in [-0.3, -0.25) is 10.1 Å². The van der Waals surface area contributed by atoms with E-state index in [-0.39, 0.29) is 4.92 Å². The molecule has 16 heavy (non-hydrogen) atoms. The largest absolute Gasteiger partial charge is 0.370 e. The zero-order valence-electron chi connectivity index (χ0n) is 9.41. The SMILES string of the molecule is O=[N+]([O-])/C(C[NH+]1CCOCC1)=C1/CCC[NH2+]1. The summed E-state index contributed by atoms with van der Waals surface area (Å²) in [7, 11) is 0. The zero-order valence-corrected chi connectivity index (χ0v) is 9.41. The van der Waals surface area contributed by atoms with Crippen LogP contribution in [-0.2, 0) is 4.74 Å². The number of nitrogens with zero attached hydrogens (tertiary/aromatic N) is 1. The van der Waals surface area contributed by atoms with E-state index in [1.807, 2.05) is 5.32 Å². The Hall–Kier alpha value is -0.980. The Morgan fingerprint density at radius 1 is 1.50 bits per heavy atom. The molecule has 6 heteroatoms. The van der Waals surface area contributed by atoms with Gasteiger partial charge in [-0.15, -0.1) is 0 Å². The van der Waals surface area contributed by atoms with E-state index in [1.54, 1.807) is 0 Å². The molecule has 2 fully saturated rings. The van der Waals surface area contributed by atoms with Crippen molar-refractivity contribution in [1.29, 1.82) is 0 Å². The fourth-order valence-corrected chi connectivity index (χ4v) is 2.30. The fraction of sp³-hybridized carbons (Fsp3) is 0.800. The van der Waals surface area contributed by atoms with Gasteiger partial charge < -0.3 is 15.0 Å². The van der Waals surface area contributed by atoms with Crippen molar-refractivity contribution in [2.75, 3.05) is 39.4 Å². The maximum Gasteiger partial charge on any atom is 0.355 e. The Bertz CT molecular complexity index is 290. The summed E-state index contributed by atoms with van der Waals surface area (Å²) >= 11 is 0. The van der Waals surface area contributed by atoms with Crippen LogP contribution >= 0.6 is 0 Å². The molecule has 0 amide bonds. The lowest BCUT2D eigenvalue weighted by molar-refractivity contribution is -0.908. The van der Waals surface area contributed by atoms with Crippen molar-refractivity contribution in [3.8, 4) is 0 Å². The molecule has 0 radical (unpaired) electrons. The Morgan fingerprint density at radius 2 is 2.25 bits per heavy atom. The molecule has 0 aliphatic carbocycles. The molecule has 2 aliphatic heterocycles. The smallest absolute Gasteiger partial charge is 0.355 e. The van der Waals surface area contributed by atoms with Crippen LogP contribution in [0.15, 0.2) is 11.4 Å². The van der Waals surface area contributed by atoms with Crippen molar-refractivity contribution in [3.05, 3.63) is 21.5 Å². The molecule has 0 aromatic heterocycles. The molecule has 0 aromatic rings. The highest BCUT2D eigenvalue weighted by Gasteiger charge is 2.30. The van der Waals surface area contributed by atoms with Gasteiger partial charge in [-0.05, 0) is 0 Å². The van der Waals surface area contributed by atoms with Crippen molar-refractivity contribution < 1.29 is 19.9 Å². The van der Waals surface area contributed by atoms with Crippen LogP contribution in [0.5, 0.6) is 0 Å². The number of ether oxygens (including phenoxy) is 1. The van der Waals surface area contributed by atoms with Crippen molar-refractivity contribution in [3.63, 3.8) is 0 Å². The quantitative estimate of drug-likeness (QED) is 0.424. The molecule has 90 valence electrons. The number of hydrogen-bond donors (Lipinski definition) is 2. The minimum Gasteiger partial charge on any atom is -0.370 e. The summed E-state index contributed by atoms with van der Waals surface area (Å²) in [5, 5.41) is 13.1. The van der Waals surface area contributed by atoms with E-state index in [1.165, 1.54) is 4.90 Å². The maximum atomic E-state index is 11.0. The van der Waals surface area contributed by atoms with Gasteiger partial charge in [0.1, 0.15) is 13.1 Å². The molecular formula is C10H19N3O3+2. The normalized spacial score (nSPS) is 25.8. The lowest BCUT2D eigenvalue weighted by atomic mass is 10.2. The molecule has 0 atom stereocenters. The fourth-order valence-electron chi connectivity index (χ4n) is 2.30. The van der Waals surface area contributed by atoms with Gasteiger partial charge >= 0.3 is 5.70 Å². The predicted octanol–water partition coefficient (Wildman–Crippen LogP) is -2.25. The number of allylic oxidation sites excluding steroid dienone is 1. The van der Waals surface area contributed by atoms with E-state index in [2.05, 4.69) is 0 Å². The highest BCUT2D eigenvalue weighted by molar-refractivity contribution is 5.00. The number of nitro groups is 1. The lowest BCUT2D eigenvalue weighted by Crippen LogP contribution is -3.14. The minimum atomic E-state index is -0.195. The summed E-state index contributed by atoms with van der Waals surface area (Å²) in [6.45, 7) is 4.74. The standard InChI is InChI=1S/C10H17N3O3/c14-13(15)10(9-2-1-3-11-9)8-12-4-6-16-7-5-12/h11H,1-8H2/p+2/b10-9-. The lowest BCUT2D eigenvalue weighted by Gasteiger charge is -2.22. The Labute approximate surface area is 94.4 Å². The molecule has 0 spiro atoms. The van der Waals surface area contributed by atoms with Crippen molar-refractivity contribution in [2.45, 2.75) is 12.8 Å². The molecule has 0 bridgehead atoms. The second kappa shape index (κ2) is 5.38.